The van der Waals surface area contributed by atoms with Crippen LogP contribution in [-0.4, -0.2) is 32.8 Å². The molecule has 0 aliphatic carbocycles. The second kappa shape index (κ2) is 4.12. The smallest absolute Gasteiger partial charge is 0.325 e. The van der Waals surface area contributed by atoms with Crippen molar-refractivity contribution >= 4 is 11.9 Å². The number of carbonyl (C=O) groups is 2. The molecule has 0 aliphatic heterocycles. The molecule has 0 unspecified atom stereocenters. The van der Waals surface area contributed by atoms with E-state index in [0.29, 0.717) is 11.3 Å². The van der Waals surface area contributed by atoms with E-state index in [2.05, 4.69) is 10.4 Å². The van der Waals surface area contributed by atoms with Crippen LogP contribution in [0.5, 0.6) is 0 Å². The molecule has 0 aromatic carbocycles. The van der Waals surface area contributed by atoms with Gasteiger partial charge in [-0.05, 0) is 13.8 Å². The van der Waals surface area contributed by atoms with Crippen molar-refractivity contribution in [2.75, 3.05) is 0 Å². The van der Waals surface area contributed by atoms with Crippen LogP contribution in [0.3, 0.4) is 0 Å². The minimum absolute atomic E-state index is 0.394. The summed E-state index contributed by atoms with van der Waals surface area (Å²) in [7, 11) is 1.70. The Morgan fingerprint density at radius 1 is 1.60 bits per heavy atom. The maximum atomic E-state index is 11.6. The number of carboxylic acids is 1. The van der Waals surface area contributed by atoms with E-state index in [-0.39, 0.29) is 0 Å². The molecule has 2 N–H and O–H groups in total. The Hall–Kier alpha value is -1.85. The summed E-state index contributed by atoms with van der Waals surface area (Å²) in [4.78, 5) is 22.1. The number of rotatable bonds is 3. The van der Waals surface area contributed by atoms with E-state index >= 15 is 0 Å². The first kappa shape index (κ1) is 11.2. The Morgan fingerprint density at radius 3 is 2.60 bits per heavy atom. The van der Waals surface area contributed by atoms with Gasteiger partial charge in [0.05, 0.1) is 11.3 Å². The third kappa shape index (κ3) is 2.55. The SMILES string of the molecule is Cc1nn(C)cc1C(=O)N[C@H](C)C(=O)O. The van der Waals surface area contributed by atoms with Crippen LogP contribution in [0.4, 0.5) is 0 Å². The highest BCUT2D eigenvalue weighted by Gasteiger charge is 2.18. The van der Waals surface area contributed by atoms with Crippen LogP contribution in [0.1, 0.15) is 23.0 Å². The molecule has 0 bridgehead atoms. The summed E-state index contributed by atoms with van der Waals surface area (Å²) in [5.74, 6) is -1.49. The minimum atomic E-state index is -1.06. The fourth-order valence-electron chi connectivity index (χ4n) is 1.16. The molecule has 1 atom stereocenters. The van der Waals surface area contributed by atoms with Crippen molar-refractivity contribution in [1.29, 1.82) is 0 Å². The fourth-order valence-corrected chi connectivity index (χ4v) is 1.16. The molecule has 1 aromatic rings. The van der Waals surface area contributed by atoms with Crippen LogP contribution >= 0.6 is 0 Å². The summed E-state index contributed by atoms with van der Waals surface area (Å²) in [6.45, 7) is 3.10. The molecule has 6 nitrogen and oxygen atoms in total. The molecule has 6 heteroatoms. The highest BCUT2D eigenvalue weighted by atomic mass is 16.4. The van der Waals surface area contributed by atoms with Gasteiger partial charge in [0.2, 0.25) is 0 Å². The highest BCUT2D eigenvalue weighted by Crippen LogP contribution is 2.04. The number of carbonyl (C=O) groups excluding carboxylic acids is 1. The first-order chi connectivity index (χ1) is 6.91. The van der Waals surface area contributed by atoms with Crippen molar-refractivity contribution < 1.29 is 14.7 Å². The number of aliphatic carboxylic acids is 1. The quantitative estimate of drug-likeness (QED) is 0.733. The molecule has 1 aromatic heterocycles. The Balaban J connectivity index is 2.77. The van der Waals surface area contributed by atoms with Gasteiger partial charge in [0.15, 0.2) is 0 Å². The van der Waals surface area contributed by atoms with Gasteiger partial charge >= 0.3 is 5.97 Å². The predicted octanol–water partition coefficient (Wildman–Crippen LogP) is -0.0686. The van der Waals surface area contributed by atoms with Crippen LogP contribution in [0, 0.1) is 6.92 Å². The Labute approximate surface area is 86.9 Å². The molecule has 0 saturated heterocycles. The third-order valence-electron chi connectivity index (χ3n) is 1.98. The minimum Gasteiger partial charge on any atom is -0.480 e. The van der Waals surface area contributed by atoms with E-state index in [1.54, 1.807) is 20.2 Å². The van der Waals surface area contributed by atoms with Crippen LogP contribution in [-0.2, 0) is 11.8 Å². The number of aryl methyl sites for hydroxylation is 2. The zero-order valence-corrected chi connectivity index (χ0v) is 8.81. The summed E-state index contributed by atoms with van der Waals surface area (Å²) in [5.41, 5.74) is 0.971. The van der Waals surface area contributed by atoms with Crippen molar-refractivity contribution in [3.63, 3.8) is 0 Å². The van der Waals surface area contributed by atoms with Crippen molar-refractivity contribution in [3.05, 3.63) is 17.5 Å². The van der Waals surface area contributed by atoms with E-state index in [1.165, 1.54) is 11.6 Å². The zero-order chi connectivity index (χ0) is 11.6. The van der Waals surface area contributed by atoms with Gasteiger partial charge in [-0.3, -0.25) is 14.3 Å². The summed E-state index contributed by atoms with van der Waals surface area (Å²) in [5, 5.41) is 15.0. The molecule has 82 valence electrons. The van der Waals surface area contributed by atoms with Gasteiger partial charge in [0, 0.05) is 13.2 Å². The number of amides is 1. The predicted molar refractivity (Wildman–Crippen MR) is 52.5 cm³/mol. The lowest BCUT2D eigenvalue weighted by atomic mass is 10.2. The molecule has 1 rings (SSSR count). The average Bonchev–Trinajstić information content (AvgIpc) is 2.44. The lowest BCUT2D eigenvalue weighted by molar-refractivity contribution is -0.138. The van der Waals surface area contributed by atoms with Gasteiger partial charge in [0.1, 0.15) is 6.04 Å². The normalized spacial score (nSPS) is 12.2. The van der Waals surface area contributed by atoms with Crippen LogP contribution in [0.15, 0.2) is 6.20 Å². The van der Waals surface area contributed by atoms with Crippen LogP contribution < -0.4 is 5.32 Å². The number of nitrogens with zero attached hydrogens (tertiary/aromatic N) is 2. The first-order valence-corrected chi connectivity index (χ1v) is 4.45. The Morgan fingerprint density at radius 2 is 2.20 bits per heavy atom. The van der Waals surface area contributed by atoms with Crippen molar-refractivity contribution in [2.45, 2.75) is 19.9 Å². The maximum absolute atomic E-state index is 11.6. The molecule has 1 amide bonds. The maximum Gasteiger partial charge on any atom is 0.325 e. The second-order valence-electron chi connectivity index (χ2n) is 3.34. The van der Waals surface area contributed by atoms with E-state index in [4.69, 9.17) is 5.11 Å². The van der Waals surface area contributed by atoms with Crippen LogP contribution in [0.25, 0.3) is 0 Å². The van der Waals surface area contributed by atoms with Gasteiger partial charge in [-0.25, -0.2) is 0 Å². The zero-order valence-electron chi connectivity index (χ0n) is 8.81. The van der Waals surface area contributed by atoms with Crippen molar-refractivity contribution in [1.82, 2.24) is 15.1 Å². The molecular weight excluding hydrogens is 198 g/mol. The van der Waals surface area contributed by atoms with Crippen LogP contribution in [0.2, 0.25) is 0 Å². The number of hydrogen-bond acceptors (Lipinski definition) is 3. The van der Waals surface area contributed by atoms with Crippen molar-refractivity contribution in [2.24, 2.45) is 7.05 Å². The molecule has 0 aliphatic rings. The van der Waals surface area contributed by atoms with Gasteiger partial charge < -0.3 is 10.4 Å². The molecule has 0 spiro atoms. The van der Waals surface area contributed by atoms with Gasteiger partial charge in [-0.2, -0.15) is 5.10 Å². The van der Waals surface area contributed by atoms with E-state index in [1.807, 2.05) is 0 Å². The number of aromatic nitrogens is 2. The number of hydrogen-bond donors (Lipinski definition) is 2. The Kier molecular flexibility index (Phi) is 3.08. The summed E-state index contributed by atoms with van der Waals surface area (Å²) >= 11 is 0. The largest absolute Gasteiger partial charge is 0.480 e. The fraction of sp³-hybridized carbons (Fsp3) is 0.444. The summed E-state index contributed by atoms with van der Waals surface area (Å²) in [6.07, 6.45) is 1.55. The summed E-state index contributed by atoms with van der Waals surface area (Å²) in [6, 6.07) is -0.905. The third-order valence-corrected chi connectivity index (χ3v) is 1.98. The average molecular weight is 211 g/mol. The number of carboxylic acid groups (broad SMARTS) is 1. The van der Waals surface area contributed by atoms with Gasteiger partial charge in [0.25, 0.3) is 5.91 Å². The highest BCUT2D eigenvalue weighted by molar-refractivity contribution is 5.97. The second-order valence-corrected chi connectivity index (χ2v) is 3.34. The van der Waals surface area contributed by atoms with Crippen molar-refractivity contribution in [3.8, 4) is 0 Å². The monoisotopic (exact) mass is 211 g/mol. The summed E-state index contributed by atoms with van der Waals surface area (Å²) < 4.78 is 1.51. The Bertz CT molecular complexity index is 397. The topological polar surface area (TPSA) is 84.2 Å². The standard InChI is InChI=1S/C9H13N3O3/c1-5-7(4-12(3)11-5)8(13)10-6(2)9(14)15/h4,6H,1-3H3,(H,10,13)(H,14,15)/t6-/m1/s1. The molecule has 0 fully saturated rings. The van der Waals surface area contributed by atoms with E-state index in [0.717, 1.165) is 0 Å². The molecule has 15 heavy (non-hydrogen) atoms. The number of nitrogens with one attached hydrogen (secondary N) is 1. The lowest BCUT2D eigenvalue weighted by Gasteiger charge is -2.07. The molecule has 1 heterocycles. The van der Waals surface area contributed by atoms with E-state index < -0.39 is 17.9 Å². The first-order valence-electron chi connectivity index (χ1n) is 4.45. The van der Waals surface area contributed by atoms with Gasteiger partial charge in [-0.1, -0.05) is 0 Å². The molecule has 0 radical (unpaired) electrons. The van der Waals surface area contributed by atoms with Gasteiger partial charge in [-0.15, -0.1) is 0 Å². The molecular formula is C9H13N3O3. The molecule has 0 saturated carbocycles. The lowest BCUT2D eigenvalue weighted by Crippen LogP contribution is -2.38. The van der Waals surface area contributed by atoms with E-state index in [9.17, 15) is 9.59 Å².